The lowest BCUT2D eigenvalue weighted by atomic mass is 9.83. The van der Waals surface area contributed by atoms with Gasteiger partial charge in [-0.05, 0) is 54.7 Å². The summed E-state index contributed by atoms with van der Waals surface area (Å²) in [5.41, 5.74) is 2.41. The zero-order valence-electron chi connectivity index (χ0n) is 14.8. The molecular weight excluding hydrogens is 300 g/mol. The molecule has 24 heavy (non-hydrogen) atoms. The average Bonchev–Trinajstić information content (AvgIpc) is 2.62. The van der Waals surface area contributed by atoms with E-state index in [1.807, 2.05) is 18.2 Å². The quantitative estimate of drug-likeness (QED) is 0.726. The molecule has 0 radical (unpaired) electrons. The molecule has 0 saturated carbocycles. The highest BCUT2D eigenvalue weighted by atomic mass is 16.3. The number of phenols is 2. The summed E-state index contributed by atoms with van der Waals surface area (Å²) in [5, 5.41) is 27.1. The molecule has 0 spiro atoms. The Hall–Kier alpha value is -2.00. The van der Waals surface area contributed by atoms with Gasteiger partial charge in [-0.1, -0.05) is 51.0 Å². The van der Waals surface area contributed by atoms with E-state index in [1.165, 1.54) is 24.0 Å². The summed E-state index contributed by atoms with van der Waals surface area (Å²) >= 11 is 0. The molecule has 1 aliphatic rings. The van der Waals surface area contributed by atoms with Crippen molar-refractivity contribution in [3.63, 3.8) is 0 Å². The van der Waals surface area contributed by atoms with E-state index in [-0.39, 0.29) is 12.5 Å². The lowest BCUT2D eigenvalue weighted by molar-refractivity contribution is 0.253. The Morgan fingerprint density at radius 3 is 2.08 bits per heavy atom. The molecule has 0 bridgehead atoms. The third-order valence-corrected chi connectivity index (χ3v) is 4.04. The standard InChI is InChI=1S/C11H14O2.C6H6O.C4H10/c12-7-9-3-1-2-8-6-10(13)4-5-11(8)9;7-6-4-2-1-3-5-6;1-3-4-2/h4-6,9,12-13H,1-3,7H2;1-5,7H;3-4H2,1-2H3. The third-order valence-electron chi connectivity index (χ3n) is 4.04. The number of hydrogen-bond donors (Lipinski definition) is 3. The van der Waals surface area contributed by atoms with Crippen LogP contribution in [0.4, 0.5) is 0 Å². The van der Waals surface area contributed by atoms with Crippen molar-refractivity contribution in [3.05, 3.63) is 59.7 Å². The molecule has 0 aromatic heterocycles. The van der Waals surface area contributed by atoms with Crippen LogP contribution in [0.5, 0.6) is 11.5 Å². The summed E-state index contributed by atoms with van der Waals surface area (Å²) in [6.45, 7) is 4.58. The van der Waals surface area contributed by atoms with Crippen LogP contribution in [-0.4, -0.2) is 21.9 Å². The molecular formula is C21H30O3. The van der Waals surface area contributed by atoms with Crippen molar-refractivity contribution in [3.8, 4) is 11.5 Å². The van der Waals surface area contributed by atoms with Crippen molar-refractivity contribution in [1.82, 2.24) is 0 Å². The maximum atomic E-state index is 9.28. The smallest absolute Gasteiger partial charge is 0.115 e. The molecule has 3 rings (SSSR count). The van der Waals surface area contributed by atoms with Crippen LogP contribution in [0.2, 0.25) is 0 Å². The highest BCUT2D eigenvalue weighted by Crippen LogP contribution is 2.32. The molecule has 0 heterocycles. The Balaban J connectivity index is 0.000000220. The maximum absolute atomic E-state index is 9.28. The van der Waals surface area contributed by atoms with Crippen molar-refractivity contribution in [2.24, 2.45) is 0 Å². The van der Waals surface area contributed by atoms with E-state index in [1.54, 1.807) is 30.3 Å². The number of aromatic hydroxyl groups is 2. The molecule has 3 N–H and O–H groups in total. The average molecular weight is 330 g/mol. The lowest BCUT2D eigenvalue weighted by Crippen LogP contribution is -2.12. The second-order valence-electron chi connectivity index (χ2n) is 5.99. The Kier molecular flexibility index (Phi) is 9.62. The van der Waals surface area contributed by atoms with E-state index in [0.29, 0.717) is 11.5 Å². The van der Waals surface area contributed by atoms with E-state index in [2.05, 4.69) is 13.8 Å². The highest BCUT2D eigenvalue weighted by Gasteiger charge is 2.19. The van der Waals surface area contributed by atoms with Crippen molar-refractivity contribution in [2.45, 2.75) is 51.9 Å². The van der Waals surface area contributed by atoms with Gasteiger partial charge in [-0.3, -0.25) is 0 Å². The van der Waals surface area contributed by atoms with Crippen LogP contribution in [0.25, 0.3) is 0 Å². The molecule has 2 aromatic carbocycles. The van der Waals surface area contributed by atoms with Gasteiger partial charge in [0.25, 0.3) is 0 Å². The predicted octanol–water partition coefficient (Wildman–Crippen LogP) is 5.00. The van der Waals surface area contributed by atoms with Crippen LogP contribution in [0.15, 0.2) is 48.5 Å². The molecule has 0 saturated heterocycles. The van der Waals surface area contributed by atoms with Gasteiger partial charge in [0.1, 0.15) is 11.5 Å². The van der Waals surface area contributed by atoms with Gasteiger partial charge in [-0.2, -0.15) is 0 Å². The van der Waals surface area contributed by atoms with Gasteiger partial charge in [0, 0.05) is 12.5 Å². The number of aliphatic hydroxyl groups is 1. The largest absolute Gasteiger partial charge is 0.508 e. The van der Waals surface area contributed by atoms with Crippen LogP contribution in [0.1, 0.15) is 56.6 Å². The molecule has 2 aromatic rings. The predicted molar refractivity (Wildman–Crippen MR) is 99.6 cm³/mol. The fraction of sp³-hybridized carbons (Fsp3) is 0.429. The number of unbranched alkanes of at least 4 members (excludes halogenated alkanes) is 1. The van der Waals surface area contributed by atoms with E-state index in [4.69, 9.17) is 10.2 Å². The summed E-state index contributed by atoms with van der Waals surface area (Å²) < 4.78 is 0. The number of para-hydroxylation sites is 1. The number of hydrogen-bond acceptors (Lipinski definition) is 3. The molecule has 0 aliphatic heterocycles. The molecule has 1 aliphatic carbocycles. The second-order valence-corrected chi connectivity index (χ2v) is 5.99. The SMILES string of the molecule is CCCC.OCC1CCCc2cc(O)ccc21.Oc1ccccc1. The number of phenolic OH excluding ortho intramolecular Hbond substituents is 2. The van der Waals surface area contributed by atoms with Crippen molar-refractivity contribution >= 4 is 0 Å². The molecule has 1 unspecified atom stereocenters. The van der Waals surface area contributed by atoms with Gasteiger partial charge in [0.05, 0.1) is 0 Å². The van der Waals surface area contributed by atoms with E-state index in [0.717, 1.165) is 19.3 Å². The normalized spacial score (nSPS) is 15.2. The van der Waals surface area contributed by atoms with Crippen LogP contribution in [0, 0.1) is 0 Å². The number of rotatable bonds is 2. The van der Waals surface area contributed by atoms with Gasteiger partial charge < -0.3 is 15.3 Å². The summed E-state index contributed by atoms with van der Waals surface area (Å²) in [6, 6.07) is 14.2. The van der Waals surface area contributed by atoms with Gasteiger partial charge in [-0.15, -0.1) is 0 Å². The van der Waals surface area contributed by atoms with Crippen molar-refractivity contribution < 1.29 is 15.3 Å². The van der Waals surface area contributed by atoms with Crippen molar-refractivity contribution in [2.75, 3.05) is 6.61 Å². The Morgan fingerprint density at radius 1 is 0.917 bits per heavy atom. The summed E-state index contributed by atoms with van der Waals surface area (Å²) in [4.78, 5) is 0. The number of aliphatic hydroxyl groups excluding tert-OH is 1. The van der Waals surface area contributed by atoms with Crippen LogP contribution < -0.4 is 0 Å². The summed E-state index contributed by atoms with van der Waals surface area (Å²) in [6.07, 6.45) is 5.84. The van der Waals surface area contributed by atoms with E-state index >= 15 is 0 Å². The number of fused-ring (bicyclic) bond motifs is 1. The van der Waals surface area contributed by atoms with Crippen molar-refractivity contribution in [1.29, 1.82) is 0 Å². The van der Waals surface area contributed by atoms with E-state index in [9.17, 15) is 5.11 Å². The van der Waals surface area contributed by atoms with Gasteiger partial charge in [0.15, 0.2) is 0 Å². The first-order valence-electron chi connectivity index (χ1n) is 8.79. The first kappa shape index (κ1) is 20.0. The zero-order valence-corrected chi connectivity index (χ0v) is 14.8. The Morgan fingerprint density at radius 2 is 1.58 bits per heavy atom. The van der Waals surface area contributed by atoms with Crippen LogP contribution in [-0.2, 0) is 6.42 Å². The minimum Gasteiger partial charge on any atom is -0.508 e. The summed E-state index contributed by atoms with van der Waals surface area (Å²) in [7, 11) is 0. The first-order chi connectivity index (χ1) is 11.6. The van der Waals surface area contributed by atoms with Gasteiger partial charge in [0.2, 0.25) is 0 Å². The topological polar surface area (TPSA) is 60.7 Å². The number of aryl methyl sites for hydroxylation is 1. The van der Waals surface area contributed by atoms with Crippen LogP contribution >= 0.6 is 0 Å². The molecule has 132 valence electrons. The molecule has 1 atom stereocenters. The zero-order chi connectivity index (χ0) is 17.8. The number of benzene rings is 2. The Bertz CT molecular complexity index is 565. The van der Waals surface area contributed by atoms with Gasteiger partial charge in [-0.25, -0.2) is 0 Å². The van der Waals surface area contributed by atoms with Crippen LogP contribution in [0.3, 0.4) is 0 Å². The Labute approximate surface area is 145 Å². The molecule has 0 amide bonds. The minimum absolute atomic E-state index is 0.220. The second kappa shape index (κ2) is 11.5. The molecule has 3 nitrogen and oxygen atoms in total. The highest BCUT2D eigenvalue weighted by molar-refractivity contribution is 5.38. The third kappa shape index (κ3) is 7.05. The summed E-state index contributed by atoms with van der Waals surface area (Å²) in [5.74, 6) is 0.934. The van der Waals surface area contributed by atoms with E-state index < -0.39 is 0 Å². The monoisotopic (exact) mass is 330 g/mol. The molecule has 0 fully saturated rings. The maximum Gasteiger partial charge on any atom is 0.115 e. The lowest BCUT2D eigenvalue weighted by Gasteiger charge is -2.23. The molecule has 3 heteroatoms. The minimum atomic E-state index is 0.220. The van der Waals surface area contributed by atoms with Gasteiger partial charge >= 0.3 is 0 Å². The fourth-order valence-corrected chi connectivity index (χ4v) is 2.52. The fourth-order valence-electron chi connectivity index (χ4n) is 2.52. The first-order valence-corrected chi connectivity index (χ1v) is 8.79.